The van der Waals surface area contributed by atoms with Gasteiger partial charge in [0.25, 0.3) is 0 Å². The van der Waals surface area contributed by atoms with Crippen molar-refractivity contribution in [3.63, 3.8) is 0 Å². The van der Waals surface area contributed by atoms with E-state index in [1.165, 1.54) is 36.1 Å². The summed E-state index contributed by atoms with van der Waals surface area (Å²) in [6, 6.07) is 6.01. The Balaban J connectivity index is 2.80. The Kier molecular flexibility index (Phi) is 5.11. The fraction of sp³-hybridized carbons (Fsp3) is 0.250. The highest BCUT2D eigenvalue weighted by atomic mass is 35.5. The zero-order valence-corrected chi connectivity index (χ0v) is 15.4. The van der Waals surface area contributed by atoms with Gasteiger partial charge in [-0.2, -0.15) is 5.26 Å². The largest absolute Gasteiger partial charge is 0.464 e. The second kappa shape index (κ2) is 6.78. The van der Waals surface area contributed by atoms with Crippen molar-refractivity contribution in [1.82, 2.24) is 4.57 Å². The smallest absolute Gasteiger partial charge is 0.357 e. The molecule has 0 fully saturated rings. The Bertz CT molecular complexity index is 988. The summed E-state index contributed by atoms with van der Waals surface area (Å²) in [5.41, 5.74) is 5.94. The van der Waals surface area contributed by atoms with Crippen molar-refractivity contribution >= 4 is 33.1 Å². The van der Waals surface area contributed by atoms with Crippen LogP contribution < -0.4 is 5.73 Å². The third kappa shape index (κ3) is 3.21. The monoisotopic (exact) mass is 381 g/mol. The number of nitrogen functional groups attached to an aromatic ring is 1. The Morgan fingerprint density at radius 2 is 2.04 bits per heavy atom. The van der Waals surface area contributed by atoms with Crippen LogP contribution in [0.2, 0.25) is 5.02 Å². The highest BCUT2D eigenvalue weighted by molar-refractivity contribution is 7.92. The summed E-state index contributed by atoms with van der Waals surface area (Å²) in [4.78, 5) is 12.1. The third-order valence-corrected chi connectivity index (χ3v) is 6.14. The molecule has 1 heterocycles. The molecule has 1 aromatic carbocycles. The van der Waals surface area contributed by atoms with Crippen molar-refractivity contribution in [1.29, 1.82) is 5.26 Å². The van der Waals surface area contributed by atoms with E-state index >= 15 is 0 Å². The van der Waals surface area contributed by atoms with E-state index in [4.69, 9.17) is 27.3 Å². The summed E-state index contributed by atoms with van der Waals surface area (Å²) in [7, 11) is -2.38. The number of carbonyl (C=O) groups is 1. The zero-order chi connectivity index (χ0) is 18.9. The normalized spacial score (nSPS) is 11.4. The average molecular weight is 382 g/mol. The quantitative estimate of drug-likeness (QED) is 0.813. The van der Waals surface area contributed by atoms with E-state index < -0.39 is 21.1 Å². The van der Waals surface area contributed by atoms with Gasteiger partial charge in [-0.1, -0.05) is 11.6 Å². The van der Waals surface area contributed by atoms with E-state index in [-0.39, 0.29) is 32.6 Å². The van der Waals surface area contributed by atoms with Crippen LogP contribution >= 0.6 is 11.6 Å². The lowest BCUT2D eigenvalue weighted by atomic mass is 10.2. The first-order valence-electron chi connectivity index (χ1n) is 7.18. The van der Waals surface area contributed by atoms with E-state index in [1.54, 1.807) is 13.8 Å². The van der Waals surface area contributed by atoms with Gasteiger partial charge in [0.2, 0.25) is 0 Å². The van der Waals surface area contributed by atoms with Gasteiger partial charge in [-0.15, -0.1) is 0 Å². The number of methoxy groups -OCH3 is 1. The highest BCUT2D eigenvalue weighted by Crippen LogP contribution is 2.31. The number of esters is 1. The maximum atomic E-state index is 12.4. The van der Waals surface area contributed by atoms with Gasteiger partial charge in [-0.05, 0) is 32.0 Å². The first-order chi connectivity index (χ1) is 11.6. The molecule has 0 spiro atoms. The number of nitriles is 1. The van der Waals surface area contributed by atoms with E-state index in [9.17, 15) is 13.2 Å². The number of halogens is 1. The lowest BCUT2D eigenvalue weighted by Gasteiger charge is -2.13. The molecule has 2 N–H and O–H groups in total. The van der Waals surface area contributed by atoms with Crippen LogP contribution in [0.4, 0.5) is 5.69 Å². The van der Waals surface area contributed by atoms with Crippen LogP contribution in [-0.2, 0) is 14.6 Å². The molecule has 0 saturated heterocycles. The first kappa shape index (κ1) is 18.8. The van der Waals surface area contributed by atoms with Crippen molar-refractivity contribution < 1.29 is 17.9 Å². The van der Waals surface area contributed by atoms with Crippen LogP contribution in [0.25, 0.3) is 5.69 Å². The molecular weight excluding hydrogens is 366 g/mol. The zero-order valence-electron chi connectivity index (χ0n) is 13.8. The van der Waals surface area contributed by atoms with Crippen LogP contribution in [0.15, 0.2) is 29.3 Å². The number of nitrogens with two attached hydrogens (primary N) is 1. The third-order valence-electron chi connectivity index (χ3n) is 3.67. The summed E-state index contributed by atoms with van der Waals surface area (Å²) < 4.78 is 30.8. The molecule has 0 amide bonds. The molecule has 0 radical (unpaired) electrons. The van der Waals surface area contributed by atoms with E-state index in [0.29, 0.717) is 0 Å². The van der Waals surface area contributed by atoms with Crippen LogP contribution in [0, 0.1) is 11.3 Å². The second-order valence-corrected chi connectivity index (χ2v) is 8.40. The fourth-order valence-electron chi connectivity index (χ4n) is 2.23. The van der Waals surface area contributed by atoms with Crippen LogP contribution in [0.3, 0.4) is 0 Å². The summed E-state index contributed by atoms with van der Waals surface area (Å²) in [5, 5.41) is 8.71. The molecule has 0 aliphatic carbocycles. The Hall–Kier alpha value is -2.50. The summed E-state index contributed by atoms with van der Waals surface area (Å²) in [5.74, 6) is -0.771. The number of sulfone groups is 1. The highest BCUT2D eigenvalue weighted by Gasteiger charge is 2.25. The van der Waals surface area contributed by atoms with Gasteiger partial charge < -0.3 is 15.0 Å². The Morgan fingerprint density at radius 1 is 1.40 bits per heavy atom. The van der Waals surface area contributed by atoms with E-state index in [0.717, 1.165) is 0 Å². The number of rotatable bonds is 4. The van der Waals surface area contributed by atoms with Gasteiger partial charge in [0.15, 0.2) is 15.5 Å². The number of anilines is 1. The minimum Gasteiger partial charge on any atom is -0.464 e. The molecule has 0 aliphatic heterocycles. The molecule has 7 nitrogen and oxygen atoms in total. The molecule has 0 atom stereocenters. The van der Waals surface area contributed by atoms with Crippen molar-refractivity contribution in [3.8, 4) is 11.8 Å². The SMILES string of the molecule is COC(=O)c1c(N)c(C#N)cn1-c1cc(S(=O)(=O)C(C)C)ccc1Cl. The minimum atomic E-state index is -3.56. The van der Waals surface area contributed by atoms with Crippen molar-refractivity contribution in [2.75, 3.05) is 12.8 Å². The number of nitrogens with zero attached hydrogens (tertiary/aromatic N) is 2. The summed E-state index contributed by atoms with van der Waals surface area (Å²) >= 11 is 6.19. The first-order valence-corrected chi connectivity index (χ1v) is 9.10. The van der Waals surface area contributed by atoms with Crippen molar-refractivity contribution in [2.24, 2.45) is 0 Å². The molecule has 132 valence electrons. The molecule has 2 rings (SSSR count). The Labute approximate surface area is 150 Å². The second-order valence-electron chi connectivity index (χ2n) is 5.49. The number of benzene rings is 1. The molecule has 0 saturated carbocycles. The number of hydrogen-bond donors (Lipinski definition) is 1. The van der Waals surface area contributed by atoms with Gasteiger partial charge in [0.05, 0.1) is 39.2 Å². The van der Waals surface area contributed by atoms with Crippen molar-refractivity contribution in [3.05, 3.63) is 40.7 Å². The summed E-state index contributed by atoms with van der Waals surface area (Å²) in [6.07, 6.45) is 1.31. The molecule has 9 heteroatoms. The predicted octanol–water partition coefficient (Wildman–Crippen LogP) is 2.55. The molecule has 25 heavy (non-hydrogen) atoms. The van der Waals surface area contributed by atoms with Gasteiger partial charge in [0, 0.05) is 6.20 Å². The number of aromatic nitrogens is 1. The van der Waals surface area contributed by atoms with Gasteiger partial charge in [-0.25, -0.2) is 13.2 Å². The topological polar surface area (TPSA) is 115 Å². The van der Waals surface area contributed by atoms with Gasteiger partial charge in [-0.3, -0.25) is 0 Å². The number of hydrogen-bond acceptors (Lipinski definition) is 6. The van der Waals surface area contributed by atoms with Crippen molar-refractivity contribution in [2.45, 2.75) is 24.0 Å². The molecule has 1 aromatic heterocycles. The molecule has 0 bridgehead atoms. The fourth-order valence-corrected chi connectivity index (χ4v) is 3.52. The molecule has 0 unspecified atom stereocenters. The van der Waals surface area contributed by atoms with E-state index in [1.807, 2.05) is 6.07 Å². The minimum absolute atomic E-state index is 0.0449. The maximum Gasteiger partial charge on any atom is 0.357 e. The number of carbonyl (C=O) groups excluding carboxylic acids is 1. The van der Waals surface area contributed by atoms with Crippen LogP contribution in [0.1, 0.15) is 29.9 Å². The van der Waals surface area contributed by atoms with Crippen LogP contribution in [0.5, 0.6) is 0 Å². The lowest BCUT2D eigenvalue weighted by molar-refractivity contribution is 0.0593. The number of ether oxygens (including phenoxy) is 1. The van der Waals surface area contributed by atoms with Crippen LogP contribution in [-0.4, -0.2) is 31.3 Å². The maximum absolute atomic E-state index is 12.4. The lowest BCUT2D eigenvalue weighted by Crippen LogP contribution is -2.15. The summed E-state index contributed by atoms with van der Waals surface area (Å²) in [6.45, 7) is 3.12. The molecular formula is C16H16ClN3O4S. The van der Waals surface area contributed by atoms with Gasteiger partial charge in [0.1, 0.15) is 6.07 Å². The van der Waals surface area contributed by atoms with E-state index in [2.05, 4.69) is 0 Å². The molecule has 0 aliphatic rings. The average Bonchev–Trinajstić information content (AvgIpc) is 2.90. The Morgan fingerprint density at radius 3 is 2.56 bits per heavy atom. The standard InChI is InChI=1S/C16H16ClN3O4S/c1-9(2)25(22,23)11-4-5-12(17)13(6-11)20-8-10(7-18)14(19)15(20)16(21)24-3/h4-6,8-9H,19H2,1-3H3. The predicted molar refractivity (Wildman–Crippen MR) is 93.6 cm³/mol. The van der Waals surface area contributed by atoms with Gasteiger partial charge >= 0.3 is 5.97 Å². The molecule has 2 aromatic rings.